The largest absolute Gasteiger partial charge is 0.481 e. The fourth-order valence-electron chi connectivity index (χ4n) is 8.94. The Balaban J connectivity index is 2.31. The molecule has 2 N–H and O–H groups in total. The highest BCUT2D eigenvalue weighted by Crippen LogP contribution is 2.52. The van der Waals surface area contributed by atoms with Gasteiger partial charge in [-0.3, -0.25) is 19.3 Å². The van der Waals surface area contributed by atoms with Gasteiger partial charge < -0.3 is 10.2 Å². The fourth-order valence-corrected chi connectivity index (χ4v) is 8.94. The van der Waals surface area contributed by atoms with E-state index in [1.54, 1.807) is 0 Å². The van der Waals surface area contributed by atoms with E-state index < -0.39 is 46.7 Å². The Morgan fingerprint density at radius 1 is 0.587 bits per heavy atom. The lowest BCUT2D eigenvalue weighted by Gasteiger charge is -2.59. The highest BCUT2D eigenvalue weighted by Gasteiger charge is 2.60. The monoisotopic (exact) mass is 653 g/mol. The van der Waals surface area contributed by atoms with Crippen molar-refractivity contribution in [1.82, 2.24) is 10.1 Å². The van der Waals surface area contributed by atoms with E-state index in [-0.39, 0.29) is 11.1 Å². The van der Waals surface area contributed by atoms with Gasteiger partial charge in [-0.2, -0.15) is 10.1 Å². The summed E-state index contributed by atoms with van der Waals surface area (Å²) in [5.41, 5.74) is -1.93. The van der Waals surface area contributed by atoms with E-state index in [9.17, 15) is 19.8 Å². The fraction of sp³-hybridized carbons (Fsp3) is 0.947. The molecule has 0 aromatic carbocycles. The second-order valence-corrected chi connectivity index (χ2v) is 16.7. The molecule has 4 unspecified atom stereocenters. The number of hydrogen-bond acceptors (Lipinski definition) is 6. The minimum Gasteiger partial charge on any atom is -0.481 e. The SMILES string of the molecule is CCCCCCCCON1C(C)(C)CCC(C(C(=O)O)C(C(=O)O)C2CCC(C)(C)N(OCCCCCCCC)C2(C)C)C1(C)C. The molecule has 8 heteroatoms. The van der Waals surface area contributed by atoms with E-state index in [0.29, 0.717) is 26.1 Å². The van der Waals surface area contributed by atoms with Crippen LogP contribution in [0.15, 0.2) is 0 Å². The lowest BCUT2D eigenvalue weighted by atomic mass is 9.59. The minimum atomic E-state index is -1.06. The molecule has 0 spiro atoms. The summed E-state index contributed by atoms with van der Waals surface area (Å²) in [5, 5.41) is 25.8. The molecule has 2 rings (SSSR count). The maximum absolute atomic E-state index is 13.3. The van der Waals surface area contributed by atoms with E-state index in [1.807, 2.05) is 10.1 Å². The standard InChI is InChI=1S/C38H72N2O6/c1-11-13-15-17-19-21-27-45-39-35(3,4)25-23-29(37(39,7)8)31(33(41)42)32(34(43)44)30-24-26-36(5,6)40(38(30,9)10)46-28-22-20-18-16-14-12-2/h29-32H,11-28H2,1-10H3,(H,41,42)(H,43,44). The smallest absolute Gasteiger partial charge is 0.307 e. The molecule has 0 aromatic heterocycles. The molecule has 8 nitrogen and oxygen atoms in total. The van der Waals surface area contributed by atoms with Crippen LogP contribution in [-0.2, 0) is 19.3 Å². The number of hydroxylamine groups is 4. The summed E-state index contributed by atoms with van der Waals surface area (Å²) >= 11 is 0. The van der Waals surface area contributed by atoms with Crippen molar-refractivity contribution in [2.45, 2.75) is 194 Å². The number of unbranched alkanes of at least 4 members (excludes halogenated alkanes) is 10. The third-order valence-electron chi connectivity index (χ3n) is 11.4. The zero-order valence-electron chi connectivity index (χ0n) is 31.5. The molecule has 270 valence electrons. The van der Waals surface area contributed by atoms with Gasteiger partial charge in [0.2, 0.25) is 0 Å². The van der Waals surface area contributed by atoms with Crippen LogP contribution in [0.5, 0.6) is 0 Å². The van der Waals surface area contributed by atoms with E-state index in [4.69, 9.17) is 9.68 Å². The van der Waals surface area contributed by atoms with E-state index in [0.717, 1.165) is 38.5 Å². The van der Waals surface area contributed by atoms with Gasteiger partial charge >= 0.3 is 11.9 Å². The van der Waals surface area contributed by atoms with E-state index in [1.165, 1.54) is 51.4 Å². The number of rotatable bonds is 21. The Bertz CT molecular complexity index is 858. The van der Waals surface area contributed by atoms with Crippen LogP contribution in [0.1, 0.15) is 172 Å². The summed E-state index contributed by atoms with van der Waals surface area (Å²) in [6.45, 7) is 22.4. The van der Waals surface area contributed by atoms with Crippen molar-refractivity contribution in [2.75, 3.05) is 13.2 Å². The maximum Gasteiger partial charge on any atom is 0.307 e. The molecule has 0 bridgehead atoms. The van der Waals surface area contributed by atoms with Crippen molar-refractivity contribution >= 4 is 11.9 Å². The Labute approximate surface area is 282 Å². The average Bonchev–Trinajstić information content (AvgIpc) is 2.94. The summed E-state index contributed by atoms with van der Waals surface area (Å²) in [7, 11) is 0. The van der Waals surface area contributed by atoms with Crippen LogP contribution in [0, 0.1) is 23.7 Å². The lowest BCUT2D eigenvalue weighted by molar-refractivity contribution is -0.309. The van der Waals surface area contributed by atoms with Crippen LogP contribution in [-0.4, -0.2) is 67.6 Å². The first-order chi connectivity index (χ1) is 21.5. The number of aliphatic carboxylic acids is 2. The van der Waals surface area contributed by atoms with E-state index >= 15 is 0 Å². The first kappa shape index (κ1) is 41.0. The van der Waals surface area contributed by atoms with Gasteiger partial charge in [-0.25, -0.2) is 0 Å². The minimum absolute atomic E-state index is 0.292. The molecule has 4 atom stereocenters. The van der Waals surface area contributed by atoms with Gasteiger partial charge in [-0.15, -0.1) is 0 Å². The Hall–Kier alpha value is -1.22. The normalized spacial score (nSPS) is 25.6. The van der Waals surface area contributed by atoms with Crippen molar-refractivity contribution in [2.24, 2.45) is 23.7 Å². The highest BCUT2D eigenvalue weighted by molar-refractivity contribution is 5.81. The lowest BCUT2D eigenvalue weighted by Crippen LogP contribution is -2.67. The molecule has 2 aliphatic heterocycles. The van der Waals surface area contributed by atoms with Crippen molar-refractivity contribution in [3.05, 3.63) is 0 Å². The summed E-state index contributed by atoms with van der Waals surface area (Å²) in [6, 6.07) is 0. The number of hydrogen-bond donors (Lipinski definition) is 2. The molecule has 2 aliphatic rings. The number of piperidine rings is 2. The predicted octanol–water partition coefficient (Wildman–Crippen LogP) is 9.51. The molecular weight excluding hydrogens is 580 g/mol. The van der Waals surface area contributed by atoms with Gasteiger partial charge in [0.05, 0.1) is 25.0 Å². The van der Waals surface area contributed by atoms with Crippen LogP contribution in [0.3, 0.4) is 0 Å². The third-order valence-corrected chi connectivity index (χ3v) is 11.4. The van der Waals surface area contributed by atoms with Gasteiger partial charge in [0.15, 0.2) is 0 Å². The first-order valence-corrected chi connectivity index (χ1v) is 18.8. The number of carboxylic acids is 2. The van der Waals surface area contributed by atoms with Crippen LogP contribution in [0.4, 0.5) is 0 Å². The van der Waals surface area contributed by atoms with E-state index in [2.05, 4.69) is 69.2 Å². The zero-order valence-corrected chi connectivity index (χ0v) is 31.5. The Kier molecular flexibility index (Phi) is 16.0. The molecule has 0 saturated carbocycles. The second kappa shape index (κ2) is 18.0. The summed E-state index contributed by atoms with van der Waals surface area (Å²) in [6.07, 6.45) is 16.7. The van der Waals surface area contributed by atoms with Gasteiger partial charge in [0.25, 0.3) is 0 Å². The number of nitrogens with zero attached hydrogens (tertiary/aromatic N) is 2. The van der Waals surface area contributed by atoms with Gasteiger partial charge in [0.1, 0.15) is 0 Å². The van der Waals surface area contributed by atoms with Crippen molar-refractivity contribution < 1.29 is 29.5 Å². The molecule has 2 fully saturated rings. The van der Waals surface area contributed by atoms with Gasteiger partial charge in [-0.1, -0.05) is 78.1 Å². The Morgan fingerprint density at radius 2 is 0.891 bits per heavy atom. The van der Waals surface area contributed by atoms with Crippen molar-refractivity contribution in [3.8, 4) is 0 Å². The van der Waals surface area contributed by atoms with Crippen molar-refractivity contribution in [3.63, 3.8) is 0 Å². The molecule has 0 aliphatic carbocycles. The molecule has 2 heterocycles. The molecule has 0 aromatic rings. The maximum atomic E-state index is 13.3. The third kappa shape index (κ3) is 10.4. The first-order valence-electron chi connectivity index (χ1n) is 18.8. The quantitative estimate of drug-likeness (QED) is 0.118. The summed E-state index contributed by atoms with van der Waals surface area (Å²) in [5.74, 6) is -4.97. The average molecular weight is 653 g/mol. The zero-order chi connectivity index (χ0) is 34.8. The number of carboxylic acid groups (broad SMARTS) is 2. The molecule has 0 amide bonds. The molecular formula is C38H72N2O6. The number of carbonyl (C=O) groups is 2. The second-order valence-electron chi connectivity index (χ2n) is 16.7. The molecule has 2 saturated heterocycles. The molecule has 46 heavy (non-hydrogen) atoms. The molecule has 0 radical (unpaired) electrons. The summed E-state index contributed by atoms with van der Waals surface area (Å²) in [4.78, 5) is 39.6. The van der Waals surface area contributed by atoms with Gasteiger partial charge in [0, 0.05) is 22.2 Å². The van der Waals surface area contributed by atoms with Crippen LogP contribution in [0.25, 0.3) is 0 Å². The topological polar surface area (TPSA) is 99.5 Å². The van der Waals surface area contributed by atoms with Crippen molar-refractivity contribution in [1.29, 1.82) is 0 Å². The Morgan fingerprint density at radius 3 is 1.20 bits per heavy atom. The van der Waals surface area contributed by atoms with Gasteiger partial charge in [-0.05, 0) is 106 Å². The van der Waals surface area contributed by atoms with Crippen LogP contribution in [0.2, 0.25) is 0 Å². The highest BCUT2D eigenvalue weighted by atomic mass is 16.7. The van der Waals surface area contributed by atoms with Crippen LogP contribution >= 0.6 is 0 Å². The predicted molar refractivity (Wildman–Crippen MR) is 186 cm³/mol. The van der Waals surface area contributed by atoms with Crippen LogP contribution < -0.4 is 0 Å². The summed E-state index contributed by atoms with van der Waals surface area (Å²) < 4.78 is 0.